The molecule has 0 aliphatic carbocycles. The zero-order valence-corrected chi connectivity index (χ0v) is 14.7. The molecule has 1 amide bonds. The normalized spacial score (nSPS) is 16.2. The van der Waals surface area contributed by atoms with Crippen molar-refractivity contribution in [3.05, 3.63) is 35.4 Å². The van der Waals surface area contributed by atoms with Crippen molar-refractivity contribution >= 4 is 5.91 Å². The molecule has 0 spiro atoms. The third-order valence-corrected chi connectivity index (χ3v) is 4.40. The molecule has 0 aromatic heterocycles. The van der Waals surface area contributed by atoms with Crippen LogP contribution in [0.5, 0.6) is 0 Å². The molecule has 0 fully saturated rings. The first-order chi connectivity index (χ1) is 10.2. The number of carbonyl (C=O) groups is 1. The lowest BCUT2D eigenvalue weighted by Crippen LogP contribution is -2.53. The van der Waals surface area contributed by atoms with Gasteiger partial charge in [-0.3, -0.25) is 9.69 Å². The lowest BCUT2D eigenvalue weighted by molar-refractivity contribution is -0.123. The first kappa shape index (κ1) is 17.0. The van der Waals surface area contributed by atoms with Crippen LogP contribution in [0, 0.1) is 5.41 Å². The average molecular weight is 302 g/mol. The van der Waals surface area contributed by atoms with E-state index < -0.39 is 0 Å². The lowest BCUT2D eigenvalue weighted by atomic mass is 9.91. The van der Waals surface area contributed by atoms with Crippen molar-refractivity contribution in [3.63, 3.8) is 0 Å². The molecule has 1 aliphatic heterocycles. The molecule has 0 bridgehead atoms. The minimum Gasteiger partial charge on any atom is -0.354 e. The molecule has 0 unspecified atom stereocenters. The summed E-state index contributed by atoms with van der Waals surface area (Å²) in [5, 5.41) is 3.12. The van der Waals surface area contributed by atoms with E-state index in [2.05, 4.69) is 69.1 Å². The molecule has 1 heterocycles. The number of benzene rings is 1. The zero-order chi connectivity index (χ0) is 16.4. The summed E-state index contributed by atoms with van der Waals surface area (Å²) >= 11 is 0. The molecule has 0 saturated heterocycles. The summed E-state index contributed by atoms with van der Waals surface area (Å²) in [6.45, 7) is 13.5. The lowest BCUT2D eigenvalue weighted by Gasteiger charge is -2.41. The van der Waals surface area contributed by atoms with E-state index in [4.69, 9.17) is 0 Å². The fraction of sp³-hybridized carbons (Fsp3) is 0.632. The van der Waals surface area contributed by atoms with Crippen LogP contribution in [0.25, 0.3) is 0 Å². The van der Waals surface area contributed by atoms with Gasteiger partial charge in [0.1, 0.15) is 0 Å². The fourth-order valence-electron chi connectivity index (χ4n) is 2.98. The van der Waals surface area contributed by atoms with E-state index in [0.29, 0.717) is 13.0 Å². The van der Waals surface area contributed by atoms with Crippen molar-refractivity contribution in [2.45, 2.75) is 59.5 Å². The molecule has 0 saturated carbocycles. The van der Waals surface area contributed by atoms with Crippen molar-refractivity contribution in [2.24, 2.45) is 5.41 Å². The molecule has 0 radical (unpaired) electrons. The van der Waals surface area contributed by atoms with E-state index in [1.807, 2.05) is 0 Å². The summed E-state index contributed by atoms with van der Waals surface area (Å²) in [6, 6.07) is 8.67. The van der Waals surface area contributed by atoms with Gasteiger partial charge in [0.2, 0.25) is 5.91 Å². The second-order valence-corrected chi connectivity index (χ2v) is 8.27. The summed E-state index contributed by atoms with van der Waals surface area (Å²) in [7, 11) is 0. The molecule has 3 heteroatoms. The van der Waals surface area contributed by atoms with Crippen LogP contribution >= 0.6 is 0 Å². The Balaban J connectivity index is 1.93. The van der Waals surface area contributed by atoms with Crippen LogP contribution in [-0.2, 0) is 17.8 Å². The molecule has 1 aromatic carbocycles. The maximum atomic E-state index is 12.1. The van der Waals surface area contributed by atoms with E-state index in [-0.39, 0.29) is 16.9 Å². The van der Waals surface area contributed by atoms with Gasteiger partial charge in [0.05, 0.1) is 0 Å². The van der Waals surface area contributed by atoms with Gasteiger partial charge in [-0.2, -0.15) is 0 Å². The molecule has 2 rings (SSSR count). The predicted octanol–water partition coefficient (Wildman–Crippen LogP) is 3.38. The summed E-state index contributed by atoms with van der Waals surface area (Å²) in [6.07, 6.45) is 1.67. The Kier molecular flexibility index (Phi) is 4.96. The van der Waals surface area contributed by atoms with Crippen molar-refractivity contribution in [3.8, 4) is 0 Å². The molecule has 1 aliphatic rings. The van der Waals surface area contributed by atoms with E-state index in [1.54, 1.807) is 0 Å². The SMILES string of the molecule is CC(C)(C)CC(=O)NCC(C)(C)N1CCc2ccccc2C1. The van der Waals surface area contributed by atoms with Crippen LogP contribution in [0.3, 0.4) is 0 Å². The highest BCUT2D eigenvalue weighted by Gasteiger charge is 2.30. The molecule has 1 N–H and O–H groups in total. The van der Waals surface area contributed by atoms with Gasteiger partial charge in [-0.05, 0) is 36.8 Å². The van der Waals surface area contributed by atoms with Gasteiger partial charge in [-0.15, -0.1) is 0 Å². The zero-order valence-electron chi connectivity index (χ0n) is 14.7. The number of hydrogen-bond acceptors (Lipinski definition) is 2. The Morgan fingerprint density at radius 2 is 1.77 bits per heavy atom. The fourth-order valence-corrected chi connectivity index (χ4v) is 2.98. The Morgan fingerprint density at radius 3 is 2.41 bits per heavy atom. The van der Waals surface area contributed by atoms with Gasteiger partial charge >= 0.3 is 0 Å². The quantitative estimate of drug-likeness (QED) is 0.925. The van der Waals surface area contributed by atoms with E-state index in [9.17, 15) is 4.79 Å². The van der Waals surface area contributed by atoms with Crippen LogP contribution < -0.4 is 5.32 Å². The number of amides is 1. The highest BCUT2D eigenvalue weighted by atomic mass is 16.1. The van der Waals surface area contributed by atoms with Gasteiger partial charge in [0.25, 0.3) is 0 Å². The monoisotopic (exact) mass is 302 g/mol. The molecule has 22 heavy (non-hydrogen) atoms. The minimum absolute atomic E-state index is 0.0267. The van der Waals surface area contributed by atoms with Gasteiger partial charge in [0.15, 0.2) is 0 Å². The Morgan fingerprint density at radius 1 is 1.14 bits per heavy atom. The van der Waals surface area contributed by atoms with Crippen LogP contribution in [0.15, 0.2) is 24.3 Å². The second-order valence-electron chi connectivity index (χ2n) is 8.27. The molecule has 122 valence electrons. The van der Waals surface area contributed by atoms with Crippen molar-refractivity contribution in [2.75, 3.05) is 13.1 Å². The Bertz CT molecular complexity index is 528. The van der Waals surface area contributed by atoms with Gasteiger partial charge in [-0.1, -0.05) is 45.0 Å². The number of rotatable bonds is 4. The topological polar surface area (TPSA) is 32.3 Å². The molecule has 0 atom stereocenters. The predicted molar refractivity (Wildman–Crippen MR) is 91.7 cm³/mol. The number of carbonyl (C=O) groups excluding carboxylic acids is 1. The van der Waals surface area contributed by atoms with Gasteiger partial charge < -0.3 is 5.32 Å². The highest BCUT2D eigenvalue weighted by Crippen LogP contribution is 2.25. The summed E-state index contributed by atoms with van der Waals surface area (Å²) < 4.78 is 0. The van der Waals surface area contributed by atoms with E-state index in [0.717, 1.165) is 19.5 Å². The first-order valence-electron chi connectivity index (χ1n) is 8.26. The van der Waals surface area contributed by atoms with Crippen LogP contribution in [0.4, 0.5) is 0 Å². The molecular weight excluding hydrogens is 272 g/mol. The second kappa shape index (κ2) is 6.41. The number of fused-ring (bicyclic) bond motifs is 1. The number of nitrogens with zero attached hydrogens (tertiary/aromatic N) is 1. The third kappa shape index (κ3) is 4.57. The number of nitrogens with one attached hydrogen (secondary N) is 1. The molecular formula is C19H30N2O. The largest absolute Gasteiger partial charge is 0.354 e. The van der Waals surface area contributed by atoms with Gasteiger partial charge in [-0.25, -0.2) is 0 Å². The van der Waals surface area contributed by atoms with Crippen LogP contribution in [0.2, 0.25) is 0 Å². The maximum absolute atomic E-state index is 12.1. The van der Waals surface area contributed by atoms with Gasteiger partial charge in [0, 0.05) is 31.6 Å². The third-order valence-electron chi connectivity index (χ3n) is 4.40. The first-order valence-corrected chi connectivity index (χ1v) is 8.26. The maximum Gasteiger partial charge on any atom is 0.220 e. The minimum atomic E-state index is -0.0267. The smallest absolute Gasteiger partial charge is 0.220 e. The van der Waals surface area contributed by atoms with Crippen molar-refractivity contribution < 1.29 is 4.79 Å². The van der Waals surface area contributed by atoms with E-state index >= 15 is 0 Å². The van der Waals surface area contributed by atoms with Crippen molar-refractivity contribution in [1.29, 1.82) is 0 Å². The Labute approximate surface area is 135 Å². The molecule has 1 aromatic rings. The average Bonchev–Trinajstić information content (AvgIpc) is 2.43. The van der Waals surface area contributed by atoms with Crippen molar-refractivity contribution in [1.82, 2.24) is 10.2 Å². The van der Waals surface area contributed by atoms with Crippen LogP contribution in [-0.4, -0.2) is 29.4 Å². The Hall–Kier alpha value is -1.35. The standard InChI is InChI=1S/C19H30N2O/c1-18(2,3)12-17(22)20-14-19(4,5)21-11-10-15-8-6-7-9-16(15)13-21/h6-9H,10-14H2,1-5H3,(H,20,22). The van der Waals surface area contributed by atoms with E-state index in [1.165, 1.54) is 11.1 Å². The number of hydrogen-bond donors (Lipinski definition) is 1. The van der Waals surface area contributed by atoms with Crippen LogP contribution in [0.1, 0.15) is 52.2 Å². The molecule has 3 nitrogen and oxygen atoms in total. The summed E-state index contributed by atoms with van der Waals surface area (Å²) in [5.41, 5.74) is 2.90. The summed E-state index contributed by atoms with van der Waals surface area (Å²) in [4.78, 5) is 14.5. The summed E-state index contributed by atoms with van der Waals surface area (Å²) in [5.74, 6) is 0.151. The highest BCUT2D eigenvalue weighted by molar-refractivity contribution is 5.76.